The summed E-state index contributed by atoms with van der Waals surface area (Å²) in [5, 5.41) is 8.86. The van der Waals surface area contributed by atoms with Crippen LogP contribution in [0.25, 0.3) is 0 Å². The van der Waals surface area contributed by atoms with Gasteiger partial charge in [-0.15, -0.1) is 0 Å². The van der Waals surface area contributed by atoms with E-state index >= 15 is 0 Å². The fourth-order valence-corrected chi connectivity index (χ4v) is 2.64. The monoisotopic (exact) mass is 248 g/mol. The summed E-state index contributed by atoms with van der Waals surface area (Å²) in [6.45, 7) is 0. The molecule has 0 saturated heterocycles. The normalized spacial score (nSPS) is 22.1. The Bertz CT molecular complexity index is 465. The molecule has 96 valence electrons. The lowest BCUT2D eigenvalue weighted by Gasteiger charge is -2.25. The van der Waals surface area contributed by atoms with Crippen molar-refractivity contribution in [1.82, 2.24) is 0 Å². The number of carbonyl (C=O) groups is 1. The van der Waals surface area contributed by atoms with Crippen LogP contribution in [-0.2, 0) is 11.2 Å². The van der Waals surface area contributed by atoms with E-state index in [1.807, 2.05) is 6.07 Å². The predicted octanol–water partition coefficient (Wildman–Crippen LogP) is 3.57. The van der Waals surface area contributed by atoms with Crippen LogP contribution in [0.3, 0.4) is 0 Å². The van der Waals surface area contributed by atoms with Crippen molar-refractivity contribution in [2.75, 3.05) is 0 Å². The first-order valence-corrected chi connectivity index (χ1v) is 6.33. The SMILES string of the molecule is O=C(O)C=C1CCCC[C@H]1Cc1cccc(F)c1. The average molecular weight is 248 g/mol. The molecule has 0 aliphatic heterocycles. The minimum absolute atomic E-state index is 0.230. The Morgan fingerprint density at radius 1 is 1.44 bits per heavy atom. The summed E-state index contributed by atoms with van der Waals surface area (Å²) >= 11 is 0. The molecule has 1 atom stereocenters. The van der Waals surface area contributed by atoms with E-state index in [9.17, 15) is 9.18 Å². The second-order valence-electron chi connectivity index (χ2n) is 4.83. The standard InChI is InChI=1S/C15H17FO2/c16-14-7-3-4-11(9-14)8-12-5-1-2-6-13(12)10-15(17)18/h3-4,7,9-10,12H,1-2,5-6,8H2,(H,17,18)/t12-/m0/s1. The lowest BCUT2D eigenvalue weighted by atomic mass is 9.80. The summed E-state index contributed by atoms with van der Waals surface area (Å²) in [5.41, 5.74) is 1.94. The predicted molar refractivity (Wildman–Crippen MR) is 67.8 cm³/mol. The molecule has 0 aromatic heterocycles. The number of allylic oxidation sites excluding steroid dienone is 1. The molecule has 1 fully saturated rings. The fraction of sp³-hybridized carbons (Fsp3) is 0.400. The topological polar surface area (TPSA) is 37.3 Å². The summed E-state index contributed by atoms with van der Waals surface area (Å²) in [7, 11) is 0. The van der Waals surface area contributed by atoms with Gasteiger partial charge in [-0.25, -0.2) is 9.18 Å². The second-order valence-corrected chi connectivity index (χ2v) is 4.83. The molecule has 1 aromatic carbocycles. The number of aliphatic carboxylic acids is 1. The van der Waals surface area contributed by atoms with Gasteiger partial charge >= 0.3 is 5.97 Å². The Balaban J connectivity index is 2.13. The Hall–Kier alpha value is -1.64. The summed E-state index contributed by atoms with van der Waals surface area (Å²) < 4.78 is 13.1. The number of hydrogen-bond donors (Lipinski definition) is 1. The zero-order chi connectivity index (χ0) is 13.0. The summed E-state index contributed by atoms with van der Waals surface area (Å²) in [6.07, 6.45) is 6.09. The summed E-state index contributed by atoms with van der Waals surface area (Å²) in [4.78, 5) is 10.8. The number of halogens is 1. The molecule has 1 N–H and O–H groups in total. The van der Waals surface area contributed by atoms with Gasteiger partial charge in [0.15, 0.2) is 0 Å². The highest BCUT2D eigenvalue weighted by molar-refractivity contribution is 5.80. The van der Waals surface area contributed by atoms with Crippen LogP contribution in [0.15, 0.2) is 35.9 Å². The summed E-state index contributed by atoms with van der Waals surface area (Å²) in [6, 6.07) is 6.56. The van der Waals surface area contributed by atoms with Gasteiger partial charge < -0.3 is 5.11 Å². The van der Waals surface area contributed by atoms with E-state index in [-0.39, 0.29) is 11.7 Å². The third kappa shape index (κ3) is 3.42. The molecule has 0 radical (unpaired) electrons. The molecule has 1 aliphatic carbocycles. The summed E-state index contributed by atoms with van der Waals surface area (Å²) in [5.74, 6) is -0.861. The molecule has 0 unspecified atom stereocenters. The minimum Gasteiger partial charge on any atom is -0.478 e. The van der Waals surface area contributed by atoms with Gasteiger partial charge in [0.2, 0.25) is 0 Å². The molecule has 0 bridgehead atoms. The molecule has 1 aliphatic rings. The van der Waals surface area contributed by atoms with Crippen molar-refractivity contribution in [3.63, 3.8) is 0 Å². The van der Waals surface area contributed by atoms with E-state index < -0.39 is 5.97 Å². The Labute approximate surface area is 106 Å². The second kappa shape index (κ2) is 5.80. The molecule has 3 heteroatoms. The van der Waals surface area contributed by atoms with Crippen LogP contribution in [-0.4, -0.2) is 11.1 Å². The number of benzene rings is 1. The number of hydrogen-bond acceptors (Lipinski definition) is 1. The number of carboxylic acids is 1. The van der Waals surface area contributed by atoms with Crippen molar-refractivity contribution in [3.8, 4) is 0 Å². The van der Waals surface area contributed by atoms with Crippen LogP contribution in [0.2, 0.25) is 0 Å². The minimum atomic E-state index is -0.879. The Morgan fingerprint density at radius 3 is 3.00 bits per heavy atom. The van der Waals surface area contributed by atoms with Crippen molar-refractivity contribution in [3.05, 3.63) is 47.3 Å². The van der Waals surface area contributed by atoms with Crippen LogP contribution in [0, 0.1) is 11.7 Å². The smallest absolute Gasteiger partial charge is 0.328 e. The molecular weight excluding hydrogens is 231 g/mol. The molecule has 18 heavy (non-hydrogen) atoms. The quantitative estimate of drug-likeness (QED) is 0.830. The highest BCUT2D eigenvalue weighted by Crippen LogP contribution is 2.32. The lowest BCUT2D eigenvalue weighted by molar-refractivity contribution is -0.131. The third-order valence-electron chi connectivity index (χ3n) is 3.47. The molecule has 1 saturated carbocycles. The Morgan fingerprint density at radius 2 is 2.28 bits per heavy atom. The van der Waals surface area contributed by atoms with Gasteiger partial charge in [0, 0.05) is 6.08 Å². The van der Waals surface area contributed by atoms with Crippen molar-refractivity contribution >= 4 is 5.97 Å². The highest BCUT2D eigenvalue weighted by atomic mass is 19.1. The van der Waals surface area contributed by atoms with Crippen molar-refractivity contribution in [2.24, 2.45) is 5.92 Å². The molecule has 0 heterocycles. The fourth-order valence-electron chi connectivity index (χ4n) is 2.64. The van der Waals surface area contributed by atoms with Gasteiger partial charge in [-0.2, -0.15) is 0 Å². The first-order chi connectivity index (χ1) is 8.65. The molecule has 0 amide bonds. The molecule has 2 rings (SSSR count). The zero-order valence-electron chi connectivity index (χ0n) is 10.2. The van der Waals surface area contributed by atoms with Gasteiger partial charge in [0.05, 0.1) is 0 Å². The van der Waals surface area contributed by atoms with Gasteiger partial charge in [-0.1, -0.05) is 24.1 Å². The number of carboxylic acid groups (broad SMARTS) is 1. The highest BCUT2D eigenvalue weighted by Gasteiger charge is 2.20. The van der Waals surface area contributed by atoms with E-state index in [1.165, 1.54) is 18.2 Å². The zero-order valence-corrected chi connectivity index (χ0v) is 10.2. The number of rotatable bonds is 3. The average Bonchev–Trinajstić information content (AvgIpc) is 2.31. The molecule has 2 nitrogen and oxygen atoms in total. The van der Waals surface area contributed by atoms with Crippen LogP contribution in [0.1, 0.15) is 31.2 Å². The first-order valence-electron chi connectivity index (χ1n) is 6.33. The molecular formula is C15H17FO2. The molecule has 1 aromatic rings. The van der Waals surface area contributed by atoms with Crippen molar-refractivity contribution < 1.29 is 14.3 Å². The van der Waals surface area contributed by atoms with Crippen LogP contribution < -0.4 is 0 Å². The van der Waals surface area contributed by atoms with Crippen LogP contribution in [0.5, 0.6) is 0 Å². The van der Waals surface area contributed by atoms with E-state index in [4.69, 9.17) is 5.11 Å². The van der Waals surface area contributed by atoms with E-state index in [0.29, 0.717) is 0 Å². The van der Waals surface area contributed by atoms with E-state index in [0.717, 1.165) is 43.2 Å². The van der Waals surface area contributed by atoms with Crippen LogP contribution >= 0.6 is 0 Å². The Kier molecular flexibility index (Phi) is 4.13. The van der Waals surface area contributed by atoms with Gasteiger partial charge in [0.1, 0.15) is 5.82 Å². The van der Waals surface area contributed by atoms with Gasteiger partial charge in [0.25, 0.3) is 0 Å². The maximum absolute atomic E-state index is 13.1. The van der Waals surface area contributed by atoms with Gasteiger partial charge in [-0.3, -0.25) is 0 Å². The van der Waals surface area contributed by atoms with Crippen LogP contribution in [0.4, 0.5) is 4.39 Å². The maximum atomic E-state index is 13.1. The van der Waals surface area contributed by atoms with Crippen molar-refractivity contribution in [2.45, 2.75) is 32.1 Å². The van der Waals surface area contributed by atoms with Crippen molar-refractivity contribution in [1.29, 1.82) is 0 Å². The van der Waals surface area contributed by atoms with Gasteiger partial charge in [-0.05, 0) is 49.3 Å². The largest absolute Gasteiger partial charge is 0.478 e. The van der Waals surface area contributed by atoms with E-state index in [2.05, 4.69) is 0 Å². The van der Waals surface area contributed by atoms with E-state index in [1.54, 1.807) is 6.07 Å². The molecule has 0 spiro atoms. The maximum Gasteiger partial charge on any atom is 0.328 e. The first kappa shape index (κ1) is 12.8. The third-order valence-corrected chi connectivity index (χ3v) is 3.47. The lowest BCUT2D eigenvalue weighted by Crippen LogP contribution is -2.14.